The normalized spacial score (nSPS) is 22.2. The summed E-state index contributed by atoms with van der Waals surface area (Å²) in [6.45, 7) is 4.39. The van der Waals surface area contributed by atoms with E-state index in [9.17, 15) is 9.18 Å². The molecule has 1 N–H and O–H groups in total. The second kappa shape index (κ2) is 7.80. The number of halogens is 1. The first-order valence-electron chi connectivity index (χ1n) is 10.7. The molecule has 5 heterocycles. The van der Waals surface area contributed by atoms with E-state index in [0.29, 0.717) is 18.2 Å². The van der Waals surface area contributed by atoms with Crippen LogP contribution in [0.15, 0.2) is 42.7 Å². The van der Waals surface area contributed by atoms with Gasteiger partial charge in [-0.3, -0.25) is 4.79 Å². The molecule has 160 valence electrons. The Labute approximate surface area is 180 Å². The Morgan fingerprint density at radius 3 is 2.87 bits per heavy atom. The van der Waals surface area contributed by atoms with Crippen molar-refractivity contribution in [1.82, 2.24) is 19.9 Å². The molecule has 0 aliphatic carbocycles. The van der Waals surface area contributed by atoms with Crippen molar-refractivity contribution >= 4 is 5.91 Å². The number of carbonyl (C=O) groups is 1. The zero-order chi connectivity index (χ0) is 21.5. The van der Waals surface area contributed by atoms with Gasteiger partial charge in [0.15, 0.2) is 0 Å². The topological polar surface area (TPSA) is 71.1 Å². The van der Waals surface area contributed by atoms with Crippen LogP contribution in [0.1, 0.15) is 41.0 Å². The minimum atomic E-state index is -0.386. The Kier molecular flexibility index (Phi) is 4.96. The number of fused-ring (bicyclic) bond motifs is 2. The molecule has 0 spiro atoms. The molecule has 2 fully saturated rings. The maximum atomic E-state index is 13.7. The zero-order valence-electron chi connectivity index (χ0n) is 17.6. The lowest BCUT2D eigenvalue weighted by Gasteiger charge is -2.25. The Morgan fingerprint density at radius 1 is 1.26 bits per heavy atom. The molecule has 3 atom stereocenters. The van der Waals surface area contributed by atoms with Gasteiger partial charge in [-0.25, -0.2) is 14.4 Å². The highest BCUT2D eigenvalue weighted by Crippen LogP contribution is 2.43. The number of pyridine rings is 2. The Balaban J connectivity index is 1.37. The molecule has 2 saturated heterocycles. The molecule has 31 heavy (non-hydrogen) atoms. The van der Waals surface area contributed by atoms with Gasteiger partial charge in [0.25, 0.3) is 5.91 Å². The first-order valence-corrected chi connectivity index (χ1v) is 10.7. The van der Waals surface area contributed by atoms with E-state index in [0.717, 1.165) is 48.0 Å². The van der Waals surface area contributed by atoms with Gasteiger partial charge in [-0.1, -0.05) is 0 Å². The second-order valence-electron chi connectivity index (χ2n) is 8.57. The Bertz CT molecular complexity index is 1110. The van der Waals surface area contributed by atoms with Gasteiger partial charge in [-0.05, 0) is 62.9 Å². The van der Waals surface area contributed by atoms with E-state index in [1.165, 1.54) is 12.1 Å². The van der Waals surface area contributed by atoms with Crippen LogP contribution in [0, 0.1) is 25.6 Å². The van der Waals surface area contributed by atoms with Crippen LogP contribution in [0.2, 0.25) is 0 Å². The van der Waals surface area contributed by atoms with Crippen molar-refractivity contribution in [1.29, 1.82) is 0 Å². The van der Waals surface area contributed by atoms with Crippen LogP contribution in [-0.2, 0) is 0 Å². The zero-order valence-corrected chi connectivity index (χ0v) is 17.6. The van der Waals surface area contributed by atoms with Crippen molar-refractivity contribution in [2.24, 2.45) is 5.92 Å². The summed E-state index contributed by atoms with van der Waals surface area (Å²) < 4.78 is 18.9. The largest absolute Gasteiger partial charge is 0.477 e. The maximum Gasteiger partial charge on any atom is 0.273 e. The summed E-state index contributed by atoms with van der Waals surface area (Å²) in [5.41, 5.74) is 4.17. The van der Waals surface area contributed by atoms with Crippen LogP contribution in [0.25, 0.3) is 11.3 Å². The van der Waals surface area contributed by atoms with E-state index in [2.05, 4.69) is 15.0 Å². The monoisotopic (exact) mass is 420 g/mol. The van der Waals surface area contributed by atoms with Crippen LogP contribution in [-0.4, -0.2) is 44.4 Å². The predicted octanol–water partition coefficient (Wildman–Crippen LogP) is 4.30. The molecule has 7 heteroatoms. The predicted molar refractivity (Wildman–Crippen MR) is 114 cm³/mol. The molecule has 3 unspecified atom stereocenters. The van der Waals surface area contributed by atoms with E-state index in [1.807, 2.05) is 43.1 Å². The molecule has 1 amide bonds. The summed E-state index contributed by atoms with van der Waals surface area (Å²) >= 11 is 0. The van der Waals surface area contributed by atoms with E-state index in [-0.39, 0.29) is 29.7 Å². The minimum Gasteiger partial charge on any atom is -0.477 e. The summed E-state index contributed by atoms with van der Waals surface area (Å²) in [5.74, 6) is 0.242. The first-order chi connectivity index (χ1) is 15.0. The summed E-state index contributed by atoms with van der Waals surface area (Å²) in [6.07, 6.45) is 5.95. The van der Waals surface area contributed by atoms with E-state index >= 15 is 0 Å². The molecular weight excluding hydrogens is 395 g/mol. The minimum absolute atomic E-state index is 0.0131. The summed E-state index contributed by atoms with van der Waals surface area (Å²) in [6, 6.07) is 9.14. The fourth-order valence-electron chi connectivity index (χ4n) is 4.97. The van der Waals surface area contributed by atoms with Crippen LogP contribution < -0.4 is 4.74 Å². The highest BCUT2D eigenvalue weighted by atomic mass is 19.1. The van der Waals surface area contributed by atoms with E-state index in [1.54, 1.807) is 0 Å². The van der Waals surface area contributed by atoms with Gasteiger partial charge >= 0.3 is 0 Å². The number of carbonyl (C=O) groups excluding carboxylic acids is 1. The molecule has 3 aromatic heterocycles. The van der Waals surface area contributed by atoms with Gasteiger partial charge in [0.2, 0.25) is 5.88 Å². The van der Waals surface area contributed by atoms with Crippen molar-refractivity contribution in [3.63, 3.8) is 0 Å². The number of aromatic nitrogens is 3. The number of hydrogen-bond acceptors (Lipinski definition) is 4. The van der Waals surface area contributed by atoms with Crippen LogP contribution >= 0.6 is 0 Å². The van der Waals surface area contributed by atoms with E-state index < -0.39 is 0 Å². The van der Waals surface area contributed by atoms with Gasteiger partial charge in [0.1, 0.15) is 11.5 Å². The molecule has 0 saturated carbocycles. The maximum absolute atomic E-state index is 13.7. The van der Waals surface area contributed by atoms with Crippen molar-refractivity contribution in [3.05, 3.63) is 65.5 Å². The molecule has 5 rings (SSSR count). The Morgan fingerprint density at radius 2 is 2.13 bits per heavy atom. The number of H-pyrrole nitrogens is 1. The summed E-state index contributed by atoms with van der Waals surface area (Å²) in [4.78, 5) is 27.6. The first kappa shape index (κ1) is 19.7. The lowest BCUT2D eigenvalue weighted by atomic mass is 9.90. The average Bonchev–Trinajstić information content (AvgIpc) is 3.47. The molecular formula is C24H25FN4O2. The van der Waals surface area contributed by atoms with Crippen molar-refractivity contribution in [2.75, 3.05) is 6.61 Å². The number of rotatable bonds is 5. The van der Waals surface area contributed by atoms with Crippen molar-refractivity contribution in [3.8, 4) is 17.1 Å². The molecule has 0 radical (unpaired) electrons. The standard InChI is InChI=1S/C24H25FN4O2/c1-14-9-20(26-11-14)19-6-3-15(2)28-23(19)24(30)29-18-5-7-21(29)16(10-18)13-31-22-8-4-17(25)12-27-22/h3-4,6,8-9,11-12,16,18,21,26H,5,7,10,13H2,1-2H3. The lowest BCUT2D eigenvalue weighted by Crippen LogP contribution is -2.38. The van der Waals surface area contributed by atoms with Crippen LogP contribution in [0.3, 0.4) is 0 Å². The number of ether oxygens (including phenoxy) is 1. The fourth-order valence-corrected chi connectivity index (χ4v) is 4.97. The van der Waals surface area contributed by atoms with Gasteiger partial charge in [-0.15, -0.1) is 0 Å². The van der Waals surface area contributed by atoms with Gasteiger partial charge in [-0.2, -0.15) is 0 Å². The third-order valence-electron chi connectivity index (χ3n) is 6.40. The molecule has 0 aromatic carbocycles. The quantitative estimate of drug-likeness (QED) is 0.668. The number of nitrogens with zero attached hydrogens (tertiary/aromatic N) is 3. The van der Waals surface area contributed by atoms with Crippen LogP contribution in [0.4, 0.5) is 4.39 Å². The smallest absolute Gasteiger partial charge is 0.273 e. The van der Waals surface area contributed by atoms with Gasteiger partial charge < -0.3 is 14.6 Å². The average molecular weight is 420 g/mol. The molecule has 6 nitrogen and oxygen atoms in total. The van der Waals surface area contributed by atoms with Crippen LogP contribution in [0.5, 0.6) is 5.88 Å². The summed E-state index contributed by atoms with van der Waals surface area (Å²) in [5, 5.41) is 0. The molecule has 2 bridgehead atoms. The lowest BCUT2D eigenvalue weighted by molar-refractivity contribution is 0.0704. The highest BCUT2D eigenvalue weighted by Gasteiger charge is 2.49. The second-order valence-corrected chi connectivity index (χ2v) is 8.57. The third-order valence-corrected chi connectivity index (χ3v) is 6.40. The number of hydrogen-bond donors (Lipinski definition) is 1. The van der Waals surface area contributed by atoms with Crippen molar-refractivity contribution in [2.45, 2.75) is 45.2 Å². The molecule has 2 aliphatic rings. The van der Waals surface area contributed by atoms with E-state index in [4.69, 9.17) is 4.74 Å². The molecule has 3 aromatic rings. The highest BCUT2D eigenvalue weighted by molar-refractivity contribution is 5.99. The fraction of sp³-hybridized carbons (Fsp3) is 0.375. The molecule has 2 aliphatic heterocycles. The number of amides is 1. The SMILES string of the molecule is Cc1c[nH]c(-c2ccc(C)nc2C(=O)N2C3CCC2C(COc2ccc(F)cn2)C3)c1. The van der Waals surface area contributed by atoms with Crippen molar-refractivity contribution < 1.29 is 13.9 Å². The number of nitrogens with one attached hydrogen (secondary N) is 1. The Hall–Kier alpha value is -3.22. The third kappa shape index (κ3) is 3.69. The summed E-state index contributed by atoms with van der Waals surface area (Å²) in [7, 11) is 0. The van der Waals surface area contributed by atoms with Gasteiger partial charge in [0.05, 0.1) is 12.8 Å². The number of aryl methyl sites for hydroxylation is 2. The number of aromatic amines is 1. The van der Waals surface area contributed by atoms with Gasteiger partial charge in [0, 0.05) is 47.2 Å².